The molecule has 1 aromatic carbocycles. The SMILES string of the molecule is C[C@@H](c1cnc(N2Cc3cccnc3C2=O)nc1)n1cc(NC(=O)c2cncc(-c3c(C(F)F)ccc(Cl)c3F)n2)cn1. The van der Waals surface area contributed by atoms with Crippen LogP contribution in [0.15, 0.2) is 67.6 Å². The zero-order valence-electron chi connectivity index (χ0n) is 22.1. The van der Waals surface area contributed by atoms with Crippen molar-refractivity contribution in [3.8, 4) is 11.3 Å². The van der Waals surface area contributed by atoms with E-state index in [1.54, 1.807) is 35.5 Å². The third-order valence-electron chi connectivity index (χ3n) is 6.79. The van der Waals surface area contributed by atoms with Gasteiger partial charge in [-0.3, -0.25) is 29.1 Å². The van der Waals surface area contributed by atoms with Gasteiger partial charge in [0.25, 0.3) is 18.2 Å². The predicted octanol–water partition coefficient (Wildman–Crippen LogP) is 5.28. The van der Waals surface area contributed by atoms with Crippen LogP contribution in [0.25, 0.3) is 11.3 Å². The van der Waals surface area contributed by atoms with Gasteiger partial charge < -0.3 is 5.32 Å². The number of fused-ring (bicyclic) bond motifs is 1. The van der Waals surface area contributed by atoms with E-state index in [0.29, 0.717) is 23.5 Å². The standard InChI is InChI=1S/C28H19ClF3N9O2/c1-14(16-7-35-28(36-8-16)40-12-15-3-2-6-34-24(15)27(40)43)41-13-17(9-37-41)38-26(42)21-11-33-10-20(39-21)22-18(25(31)32)4-5-19(29)23(22)30/h2-11,13-14,25H,12H2,1H3,(H,38,42)/t14-/m0/s1. The minimum Gasteiger partial charge on any atom is -0.318 e. The zero-order chi connectivity index (χ0) is 30.2. The molecule has 1 aliphatic heterocycles. The van der Waals surface area contributed by atoms with Crippen LogP contribution in [0.5, 0.6) is 0 Å². The van der Waals surface area contributed by atoms with Gasteiger partial charge in [0.1, 0.15) is 11.4 Å². The summed E-state index contributed by atoms with van der Waals surface area (Å²) in [5.41, 5.74) is 0.488. The fraction of sp³-hybridized carbons (Fsp3) is 0.143. The van der Waals surface area contributed by atoms with Gasteiger partial charge in [-0.05, 0) is 19.1 Å². The first-order chi connectivity index (χ1) is 20.7. The van der Waals surface area contributed by atoms with E-state index in [9.17, 15) is 22.8 Å². The number of nitrogens with one attached hydrogen (secondary N) is 1. The predicted molar refractivity (Wildman–Crippen MR) is 148 cm³/mol. The number of amides is 2. The Hall–Kier alpha value is -5.24. The summed E-state index contributed by atoms with van der Waals surface area (Å²) in [5.74, 6) is -1.84. The van der Waals surface area contributed by atoms with Crippen LogP contribution in [-0.4, -0.2) is 46.5 Å². The second kappa shape index (κ2) is 11.2. The lowest BCUT2D eigenvalue weighted by molar-refractivity contribution is 0.0988. The molecule has 0 fully saturated rings. The summed E-state index contributed by atoms with van der Waals surface area (Å²) in [6, 6.07) is 5.26. The third-order valence-corrected chi connectivity index (χ3v) is 7.08. The van der Waals surface area contributed by atoms with Crippen LogP contribution in [0.3, 0.4) is 0 Å². The van der Waals surface area contributed by atoms with Crippen LogP contribution in [0.1, 0.15) is 57.1 Å². The van der Waals surface area contributed by atoms with E-state index in [2.05, 4.69) is 35.3 Å². The van der Waals surface area contributed by atoms with Gasteiger partial charge in [-0.2, -0.15) is 5.10 Å². The van der Waals surface area contributed by atoms with Crippen LogP contribution in [0.4, 0.5) is 24.8 Å². The van der Waals surface area contributed by atoms with Crippen molar-refractivity contribution >= 4 is 35.1 Å². The van der Waals surface area contributed by atoms with Gasteiger partial charge in [0, 0.05) is 47.0 Å². The number of pyridine rings is 1. The Morgan fingerprint density at radius 2 is 1.86 bits per heavy atom. The van der Waals surface area contributed by atoms with Gasteiger partial charge in [-0.1, -0.05) is 23.7 Å². The molecule has 5 aromatic rings. The molecule has 1 aliphatic rings. The van der Waals surface area contributed by atoms with Crippen LogP contribution in [-0.2, 0) is 6.54 Å². The number of aromatic nitrogens is 7. The average molecular weight is 606 g/mol. The monoisotopic (exact) mass is 605 g/mol. The molecule has 2 amide bonds. The largest absolute Gasteiger partial charge is 0.318 e. The van der Waals surface area contributed by atoms with Crippen molar-refractivity contribution in [3.63, 3.8) is 0 Å². The Morgan fingerprint density at radius 3 is 2.60 bits per heavy atom. The highest BCUT2D eigenvalue weighted by atomic mass is 35.5. The highest BCUT2D eigenvalue weighted by Gasteiger charge is 2.31. The average Bonchev–Trinajstić information content (AvgIpc) is 3.62. The molecule has 1 N–H and O–H groups in total. The summed E-state index contributed by atoms with van der Waals surface area (Å²) in [5, 5.41) is 6.53. The minimum absolute atomic E-state index is 0.240. The molecular formula is C28H19ClF3N9O2. The number of carbonyl (C=O) groups excluding carboxylic acids is 2. The maximum atomic E-state index is 14.7. The summed E-state index contributed by atoms with van der Waals surface area (Å²) in [6.45, 7) is 2.17. The lowest BCUT2D eigenvalue weighted by Gasteiger charge is -2.15. The number of halogens is 4. The number of alkyl halides is 2. The normalized spacial score (nSPS) is 13.3. The topological polar surface area (TPSA) is 132 Å². The van der Waals surface area contributed by atoms with Crippen molar-refractivity contribution in [1.29, 1.82) is 0 Å². The summed E-state index contributed by atoms with van der Waals surface area (Å²) >= 11 is 5.80. The Labute approximate surface area is 246 Å². The molecule has 43 heavy (non-hydrogen) atoms. The number of hydrogen-bond donors (Lipinski definition) is 1. The number of rotatable bonds is 7. The molecule has 0 aliphatic carbocycles. The van der Waals surface area contributed by atoms with Gasteiger partial charge in [-0.15, -0.1) is 0 Å². The summed E-state index contributed by atoms with van der Waals surface area (Å²) in [7, 11) is 0. The highest BCUT2D eigenvalue weighted by Crippen LogP contribution is 2.35. The molecule has 0 saturated heterocycles. The molecule has 4 aromatic heterocycles. The minimum atomic E-state index is -3.01. The fourth-order valence-corrected chi connectivity index (χ4v) is 4.70. The quantitative estimate of drug-likeness (QED) is 0.265. The molecule has 1 atom stereocenters. The lowest BCUT2D eigenvalue weighted by atomic mass is 10.0. The molecular weight excluding hydrogens is 587 g/mol. The molecule has 216 valence electrons. The molecule has 5 heterocycles. The van der Waals surface area contributed by atoms with E-state index in [0.717, 1.165) is 30.1 Å². The second-order valence-corrected chi connectivity index (χ2v) is 9.88. The van der Waals surface area contributed by atoms with E-state index in [4.69, 9.17) is 11.6 Å². The first kappa shape index (κ1) is 27.9. The number of carbonyl (C=O) groups is 2. The van der Waals surface area contributed by atoms with E-state index in [1.165, 1.54) is 11.1 Å². The maximum absolute atomic E-state index is 14.7. The van der Waals surface area contributed by atoms with Gasteiger partial charge in [0.05, 0.1) is 47.6 Å². The summed E-state index contributed by atoms with van der Waals surface area (Å²) in [4.78, 5) is 47.8. The Balaban J connectivity index is 1.16. The Kier molecular flexibility index (Phi) is 7.27. The summed E-state index contributed by atoms with van der Waals surface area (Å²) < 4.78 is 43.4. The molecule has 0 spiro atoms. The van der Waals surface area contributed by atoms with E-state index in [-0.39, 0.29) is 34.3 Å². The molecule has 0 saturated carbocycles. The lowest BCUT2D eigenvalue weighted by Crippen LogP contribution is -2.25. The van der Waals surface area contributed by atoms with E-state index in [1.807, 2.05) is 13.0 Å². The van der Waals surface area contributed by atoms with Gasteiger partial charge >= 0.3 is 0 Å². The Bertz CT molecular complexity index is 1870. The maximum Gasteiger partial charge on any atom is 0.279 e. The fourth-order valence-electron chi connectivity index (χ4n) is 4.54. The van der Waals surface area contributed by atoms with Crippen molar-refractivity contribution in [2.24, 2.45) is 0 Å². The first-order valence-corrected chi connectivity index (χ1v) is 13.1. The zero-order valence-corrected chi connectivity index (χ0v) is 22.9. The number of benzene rings is 1. The van der Waals surface area contributed by atoms with Crippen LogP contribution < -0.4 is 10.2 Å². The number of hydrogen-bond acceptors (Lipinski definition) is 8. The van der Waals surface area contributed by atoms with Crippen LogP contribution in [0.2, 0.25) is 5.02 Å². The van der Waals surface area contributed by atoms with Crippen LogP contribution in [0, 0.1) is 5.82 Å². The van der Waals surface area contributed by atoms with Crippen LogP contribution >= 0.6 is 11.6 Å². The second-order valence-electron chi connectivity index (χ2n) is 9.47. The van der Waals surface area contributed by atoms with Crippen molar-refractivity contribution in [3.05, 3.63) is 107 Å². The molecule has 6 rings (SSSR count). The van der Waals surface area contributed by atoms with E-state index >= 15 is 0 Å². The molecule has 0 bridgehead atoms. The van der Waals surface area contributed by atoms with Crippen molar-refractivity contribution in [1.82, 2.24) is 34.7 Å². The number of anilines is 2. The highest BCUT2D eigenvalue weighted by molar-refractivity contribution is 6.31. The molecule has 0 radical (unpaired) electrons. The number of nitrogens with zero attached hydrogens (tertiary/aromatic N) is 8. The summed E-state index contributed by atoms with van der Waals surface area (Å²) in [6.07, 6.45) is 6.87. The van der Waals surface area contributed by atoms with Gasteiger partial charge in [0.15, 0.2) is 5.82 Å². The first-order valence-electron chi connectivity index (χ1n) is 12.7. The smallest absolute Gasteiger partial charge is 0.279 e. The van der Waals surface area contributed by atoms with Crippen molar-refractivity contribution in [2.75, 3.05) is 10.2 Å². The third kappa shape index (κ3) is 5.28. The molecule has 15 heteroatoms. The molecule has 0 unspecified atom stereocenters. The van der Waals surface area contributed by atoms with Crippen molar-refractivity contribution < 1.29 is 22.8 Å². The van der Waals surface area contributed by atoms with Gasteiger partial charge in [-0.25, -0.2) is 28.1 Å². The molecule has 11 nitrogen and oxygen atoms in total. The van der Waals surface area contributed by atoms with E-state index < -0.39 is 29.3 Å². The van der Waals surface area contributed by atoms with Crippen molar-refractivity contribution in [2.45, 2.75) is 25.9 Å². The Morgan fingerprint density at radius 1 is 1.07 bits per heavy atom. The van der Waals surface area contributed by atoms with Gasteiger partial charge in [0.2, 0.25) is 5.95 Å².